The second-order valence-corrected chi connectivity index (χ2v) is 13.2. The summed E-state index contributed by atoms with van der Waals surface area (Å²) >= 11 is 1.77. The van der Waals surface area contributed by atoms with Crippen LogP contribution in [0.25, 0.3) is 0 Å². The molecule has 1 aliphatic carbocycles. The summed E-state index contributed by atoms with van der Waals surface area (Å²) in [6, 6.07) is 20.1. The molecule has 0 aliphatic heterocycles. The standard InChI is InChI=1S/C35H46N2OS/c1-7-10-29(24-39-36-6)27-16-14-26(15-17-27)23-28-18-20-32-31(28)12-8-13-34(32)38-33-21-19-30(37-25(33)2)11-9-22-35(3,4)5/h7-8,12-17,19,21,28-29,36H,1,9-11,18,20,22-24H2,2-6H3. The van der Waals surface area contributed by atoms with E-state index in [1.807, 2.05) is 13.1 Å². The second-order valence-electron chi connectivity index (χ2n) is 12.1. The summed E-state index contributed by atoms with van der Waals surface area (Å²) in [5.41, 5.74) is 8.10. The quantitative estimate of drug-likeness (QED) is 0.172. The summed E-state index contributed by atoms with van der Waals surface area (Å²) in [6.45, 7) is 12.9. The molecule has 1 heterocycles. The average Bonchev–Trinajstić information content (AvgIpc) is 3.31. The van der Waals surface area contributed by atoms with Crippen LogP contribution < -0.4 is 9.46 Å². The van der Waals surface area contributed by atoms with E-state index >= 15 is 0 Å². The van der Waals surface area contributed by atoms with Crippen molar-refractivity contribution in [2.45, 2.75) is 84.5 Å². The average molecular weight is 543 g/mol. The zero-order valence-corrected chi connectivity index (χ0v) is 25.4. The number of benzene rings is 2. The third-order valence-electron chi connectivity index (χ3n) is 7.84. The van der Waals surface area contributed by atoms with Gasteiger partial charge in [0, 0.05) is 11.4 Å². The number of rotatable bonds is 13. The van der Waals surface area contributed by atoms with Crippen molar-refractivity contribution in [2.24, 2.45) is 5.41 Å². The lowest BCUT2D eigenvalue weighted by Gasteiger charge is -2.18. The number of nitrogens with zero attached hydrogens (tertiary/aromatic N) is 1. The van der Waals surface area contributed by atoms with Crippen LogP contribution in [-0.2, 0) is 19.3 Å². The van der Waals surface area contributed by atoms with Crippen molar-refractivity contribution in [3.63, 3.8) is 0 Å². The Morgan fingerprint density at radius 1 is 1.10 bits per heavy atom. The molecule has 0 bridgehead atoms. The zero-order chi connectivity index (χ0) is 27.8. The highest BCUT2D eigenvalue weighted by Crippen LogP contribution is 2.42. The molecule has 3 aromatic rings. The van der Waals surface area contributed by atoms with E-state index in [4.69, 9.17) is 9.72 Å². The van der Waals surface area contributed by atoms with Crippen molar-refractivity contribution in [1.82, 2.24) is 9.71 Å². The molecule has 1 N–H and O–H groups in total. The molecule has 2 atom stereocenters. The Bertz CT molecular complexity index is 1230. The van der Waals surface area contributed by atoms with Gasteiger partial charge in [-0.3, -0.25) is 9.71 Å². The molecule has 3 nitrogen and oxygen atoms in total. The molecule has 0 saturated carbocycles. The smallest absolute Gasteiger partial charge is 0.148 e. The van der Waals surface area contributed by atoms with E-state index in [0.29, 0.717) is 17.3 Å². The molecule has 0 fully saturated rings. The Balaban J connectivity index is 1.41. The highest BCUT2D eigenvalue weighted by molar-refractivity contribution is 7.97. The number of hydrogen-bond acceptors (Lipinski definition) is 4. The fourth-order valence-corrected chi connectivity index (χ4v) is 6.37. The summed E-state index contributed by atoms with van der Waals surface area (Å²) in [6.07, 6.45) is 9.72. The maximum absolute atomic E-state index is 6.48. The zero-order valence-electron chi connectivity index (χ0n) is 24.6. The van der Waals surface area contributed by atoms with Gasteiger partial charge >= 0.3 is 0 Å². The van der Waals surface area contributed by atoms with Gasteiger partial charge in [-0.05, 0) is 117 Å². The molecule has 2 aromatic carbocycles. The van der Waals surface area contributed by atoms with Gasteiger partial charge in [0.2, 0.25) is 0 Å². The monoisotopic (exact) mass is 542 g/mol. The molecule has 0 spiro atoms. The van der Waals surface area contributed by atoms with E-state index in [0.717, 1.165) is 60.7 Å². The summed E-state index contributed by atoms with van der Waals surface area (Å²) < 4.78 is 9.68. The maximum Gasteiger partial charge on any atom is 0.148 e. The minimum atomic E-state index is 0.368. The third kappa shape index (κ3) is 8.22. The number of pyridine rings is 1. The van der Waals surface area contributed by atoms with Gasteiger partial charge in [-0.2, -0.15) is 0 Å². The van der Waals surface area contributed by atoms with E-state index in [-0.39, 0.29) is 0 Å². The van der Waals surface area contributed by atoms with E-state index < -0.39 is 0 Å². The van der Waals surface area contributed by atoms with Gasteiger partial charge < -0.3 is 4.74 Å². The molecule has 2 unspecified atom stereocenters. The molecule has 4 rings (SSSR count). The lowest BCUT2D eigenvalue weighted by atomic mass is 9.89. The van der Waals surface area contributed by atoms with E-state index in [9.17, 15) is 0 Å². The van der Waals surface area contributed by atoms with Gasteiger partial charge in [0.1, 0.15) is 11.5 Å². The van der Waals surface area contributed by atoms with Crippen LogP contribution in [0.5, 0.6) is 11.5 Å². The van der Waals surface area contributed by atoms with Crippen molar-refractivity contribution in [1.29, 1.82) is 0 Å². The first-order chi connectivity index (χ1) is 18.8. The van der Waals surface area contributed by atoms with Crippen molar-refractivity contribution in [2.75, 3.05) is 12.8 Å². The molecular weight excluding hydrogens is 496 g/mol. The predicted molar refractivity (Wildman–Crippen MR) is 168 cm³/mol. The molecule has 1 aliphatic rings. The highest BCUT2D eigenvalue weighted by Gasteiger charge is 2.26. The van der Waals surface area contributed by atoms with Gasteiger partial charge in [-0.15, -0.1) is 6.58 Å². The number of nitrogens with one attached hydrogen (secondary N) is 1. The van der Waals surface area contributed by atoms with Gasteiger partial charge in [0.25, 0.3) is 0 Å². The maximum atomic E-state index is 6.48. The predicted octanol–water partition coefficient (Wildman–Crippen LogP) is 9.35. The van der Waals surface area contributed by atoms with Crippen LogP contribution >= 0.6 is 11.9 Å². The molecule has 4 heteroatoms. The van der Waals surface area contributed by atoms with Crippen molar-refractivity contribution in [3.8, 4) is 11.5 Å². The SMILES string of the molecule is C=CCC(CSNC)c1ccc(CC2CCc3c(Oc4ccc(CCCC(C)(C)C)nc4C)cccc32)cc1. The number of aryl methyl sites for hydroxylation is 2. The van der Waals surface area contributed by atoms with Crippen molar-refractivity contribution >= 4 is 11.9 Å². The molecular formula is C35H46N2OS. The molecule has 39 heavy (non-hydrogen) atoms. The first kappa shape index (κ1) is 29.4. The van der Waals surface area contributed by atoms with Gasteiger partial charge in [0.05, 0.1) is 5.69 Å². The minimum Gasteiger partial charge on any atom is -0.455 e. The number of aromatic nitrogens is 1. The van der Waals surface area contributed by atoms with Crippen LogP contribution in [0, 0.1) is 12.3 Å². The highest BCUT2D eigenvalue weighted by atomic mass is 32.2. The molecule has 208 valence electrons. The molecule has 0 radical (unpaired) electrons. The van der Waals surface area contributed by atoms with Crippen LogP contribution in [0.15, 0.2) is 67.3 Å². The number of fused-ring (bicyclic) bond motifs is 1. The number of ether oxygens (including phenoxy) is 1. The summed E-state index contributed by atoms with van der Waals surface area (Å²) in [5, 5.41) is 0. The lowest BCUT2D eigenvalue weighted by Crippen LogP contribution is -2.06. The topological polar surface area (TPSA) is 34.1 Å². The van der Waals surface area contributed by atoms with Crippen LogP contribution in [0.4, 0.5) is 0 Å². The Morgan fingerprint density at radius 2 is 1.90 bits per heavy atom. The fraction of sp³-hybridized carbons (Fsp3) is 0.457. The molecule has 0 saturated heterocycles. The normalized spacial score (nSPS) is 15.7. The van der Waals surface area contributed by atoms with Gasteiger partial charge in [-0.25, -0.2) is 0 Å². The number of allylic oxidation sites excluding steroid dienone is 1. The summed E-state index contributed by atoms with van der Waals surface area (Å²) in [4.78, 5) is 4.87. The minimum absolute atomic E-state index is 0.368. The van der Waals surface area contributed by atoms with Crippen LogP contribution in [0.2, 0.25) is 0 Å². The van der Waals surface area contributed by atoms with Crippen LogP contribution in [0.1, 0.15) is 91.9 Å². The molecule has 0 amide bonds. The van der Waals surface area contributed by atoms with Crippen LogP contribution in [0.3, 0.4) is 0 Å². The largest absolute Gasteiger partial charge is 0.455 e. The number of hydrogen-bond donors (Lipinski definition) is 1. The fourth-order valence-electron chi connectivity index (χ4n) is 5.68. The van der Waals surface area contributed by atoms with E-state index in [1.54, 1.807) is 11.9 Å². The van der Waals surface area contributed by atoms with Crippen molar-refractivity contribution < 1.29 is 4.74 Å². The Morgan fingerprint density at radius 3 is 2.59 bits per heavy atom. The Labute approximate surface area is 241 Å². The summed E-state index contributed by atoms with van der Waals surface area (Å²) in [7, 11) is 1.98. The van der Waals surface area contributed by atoms with Gasteiger partial charge in [0.15, 0.2) is 0 Å². The second kappa shape index (κ2) is 13.7. The van der Waals surface area contributed by atoms with Crippen LogP contribution in [-0.4, -0.2) is 17.8 Å². The first-order valence-electron chi connectivity index (χ1n) is 14.5. The Kier molecular flexibility index (Phi) is 10.3. The van der Waals surface area contributed by atoms with Gasteiger partial charge in [-0.1, -0.05) is 75.2 Å². The first-order valence-corrected chi connectivity index (χ1v) is 15.5. The summed E-state index contributed by atoms with van der Waals surface area (Å²) in [5.74, 6) is 3.94. The third-order valence-corrected chi connectivity index (χ3v) is 8.70. The Hall–Kier alpha value is -2.56. The lowest BCUT2D eigenvalue weighted by molar-refractivity contribution is 0.365. The van der Waals surface area contributed by atoms with E-state index in [2.05, 4.69) is 93.6 Å². The van der Waals surface area contributed by atoms with E-state index in [1.165, 1.54) is 35.1 Å². The van der Waals surface area contributed by atoms with Crippen molar-refractivity contribution in [3.05, 3.63) is 101 Å². The molecule has 1 aromatic heterocycles.